The third-order valence-corrected chi connectivity index (χ3v) is 2.22. The fourth-order valence-corrected chi connectivity index (χ4v) is 1.32. The first-order valence-electron chi connectivity index (χ1n) is 4.57. The molecule has 2 rings (SSSR count). The van der Waals surface area contributed by atoms with Gasteiger partial charge >= 0.3 is 5.97 Å². The normalized spacial score (nSPS) is 10.2. The lowest BCUT2D eigenvalue weighted by atomic mass is 10.2. The van der Waals surface area contributed by atoms with Gasteiger partial charge < -0.3 is 9.52 Å². The Kier molecular flexibility index (Phi) is 2.93. The Morgan fingerprint density at radius 3 is 2.41 bits per heavy atom. The van der Waals surface area contributed by atoms with Gasteiger partial charge in [-0.2, -0.15) is 0 Å². The number of aromatic nitrogens is 1. The molecule has 0 aliphatic heterocycles. The molecule has 5 nitrogen and oxygen atoms in total. The molecule has 86 valence electrons. The van der Waals surface area contributed by atoms with Crippen molar-refractivity contribution < 1.29 is 19.1 Å². The second-order valence-corrected chi connectivity index (χ2v) is 3.60. The molecule has 0 saturated heterocycles. The molecular formula is C11H6ClNO4. The van der Waals surface area contributed by atoms with Gasteiger partial charge in [0.2, 0.25) is 11.5 Å². The standard InChI is InChI=1S/C11H6ClNO4/c12-6-1-2-7(13-5-6)10(14)8-3-4-9(17-8)11(15)16/h1-5H,(H,15,16). The second kappa shape index (κ2) is 4.39. The Morgan fingerprint density at radius 2 is 1.88 bits per heavy atom. The van der Waals surface area contributed by atoms with Crippen LogP contribution < -0.4 is 0 Å². The number of hydrogen-bond acceptors (Lipinski definition) is 4. The quantitative estimate of drug-likeness (QED) is 0.846. The average Bonchev–Trinajstić information content (AvgIpc) is 2.78. The zero-order chi connectivity index (χ0) is 12.4. The highest BCUT2D eigenvalue weighted by Crippen LogP contribution is 2.14. The Labute approximate surface area is 101 Å². The third kappa shape index (κ3) is 2.34. The van der Waals surface area contributed by atoms with Crippen LogP contribution in [0.15, 0.2) is 34.9 Å². The first-order valence-corrected chi connectivity index (χ1v) is 4.95. The zero-order valence-corrected chi connectivity index (χ0v) is 9.14. The van der Waals surface area contributed by atoms with Gasteiger partial charge in [0, 0.05) is 6.20 Å². The SMILES string of the molecule is O=C(O)c1ccc(C(=O)c2ccc(Cl)cn2)o1. The highest BCUT2D eigenvalue weighted by molar-refractivity contribution is 6.30. The van der Waals surface area contributed by atoms with Crippen molar-refractivity contribution in [2.24, 2.45) is 0 Å². The van der Waals surface area contributed by atoms with Crippen LogP contribution in [0, 0.1) is 0 Å². The maximum absolute atomic E-state index is 11.8. The van der Waals surface area contributed by atoms with Crippen molar-refractivity contribution in [3.63, 3.8) is 0 Å². The van der Waals surface area contributed by atoms with E-state index in [1.165, 1.54) is 30.5 Å². The molecule has 17 heavy (non-hydrogen) atoms. The molecule has 2 heterocycles. The Hall–Kier alpha value is -2.14. The van der Waals surface area contributed by atoms with E-state index in [-0.39, 0.29) is 17.2 Å². The number of halogens is 1. The minimum atomic E-state index is -1.23. The lowest BCUT2D eigenvalue weighted by Gasteiger charge is -1.96. The fraction of sp³-hybridized carbons (Fsp3) is 0. The molecule has 0 atom stereocenters. The van der Waals surface area contributed by atoms with Crippen molar-refractivity contribution in [2.75, 3.05) is 0 Å². The van der Waals surface area contributed by atoms with Gasteiger partial charge in [0.05, 0.1) is 5.02 Å². The molecule has 0 aliphatic rings. The third-order valence-electron chi connectivity index (χ3n) is 2.00. The number of ketones is 1. The van der Waals surface area contributed by atoms with Gasteiger partial charge in [-0.25, -0.2) is 4.79 Å². The van der Waals surface area contributed by atoms with Crippen molar-refractivity contribution >= 4 is 23.4 Å². The van der Waals surface area contributed by atoms with Gasteiger partial charge in [0.25, 0.3) is 0 Å². The predicted molar refractivity (Wildman–Crippen MR) is 58.3 cm³/mol. The van der Waals surface area contributed by atoms with E-state index in [2.05, 4.69) is 4.98 Å². The maximum Gasteiger partial charge on any atom is 0.371 e. The van der Waals surface area contributed by atoms with E-state index in [0.29, 0.717) is 5.02 Å². The van der Waals surface area contributed by atoms with Crippen LogP contribution in [0.2, 0.25) is 5.02 Å². The molecule has 0 unspecified atom stereocenters. The average molecular weight is 252 g/mol. The molecule has 0 spiro atoms. The fourth-order valence-electron chi connectivity index (χ4n) is 1.21. The summed E-state index contributed by atoms with van der Waals surface area (Å²) < 4.78 is 4.87. The van der Waals surface area contributed by atoms with Gasteiger partial charge in [-0.3, -0.25) is 9.78 Å². The molecule has 0 aromatic carbocycles. The summed E-state index contributed by atoms with van der Waals surface area (Å²) in [5, 5.41) is 9.06. The number of carbonyl (C=O) groups excluding carboxylic acids is 1. The van der Waals surface area contributed by atoms with E-state index in [1.807, 2.05) is 0 Å². The molecule has 6 heteroatoms. The number of nitrogens with zero attached hydrogens (tertiary/aromatic N) is 1. The summed E-state index contributed by atoms with van der Waals surface area (Å²) in [4.78, 5) is 26.2. The first-order chi connectivity index (χ1) is 8.08. The summed E-state index contributed by atoms with van der Waals surface area (Å²) in [5.74, 6) is -2.08. The molecule has 0 aliphatic carbocycles. The van der Waals surface area contributed by atoms with Crippen LogP contribution in [0.4, 0.5) is 0 Å². The van der Waals surface area contributed by atoms with Gasteiger partial charge in [-0.1, -0.05) is 11.6 Å². The van der Waals surface area contributed by atoms with Crippen LogP contribution in [-0.2, 0) is 0 Å². The van der Waals surface area contributed by atoms with E-state index < -0.39 is 11.8 Å². The number of hydrogen-bond donors (Lipinski definition) is 1. The van der Waals surface area contributed by atoms with Crippen LogP contribution in [0.1, 0.15) is 26.8 Å². The van der Waals surface area contributed by atoms with Crippen LogP contribution in [-0.4, -0.2) is 21.8 Å². The topological polar surface area (TPSA) is 80.4 Å². The molecule has 1 N–H and O–H groups in total. The Morgan fingerprint density at radius 1 is 1.18 bits per heavy atom. The summed E-state index contributed by atoms with van der Waals surface area (Å²) in [5.41, 5.74) is 0.140. The van der Waals surface area contributed by atoms with Crippen molar-refractivity contribution in [1.29, 1.82) is 0 Å². The molecule has 0 bridgehead atoms. The Bertz CT molecular complexity index is 573. The van der Waals surface area contributed by atoms with E-state index in [4.69, 9.17) is 21.1 Å². The summed E-state index contributed by atoms with van der Waals surface area (Å²) in [6, 6.07) is 5.46. The number of rotatable bonds is 3. The molecule has 0 fully saturated rings. The number of furan rings is 1. The number of pyridine rings is 1. The first kappa shape index (κ1) is 11.3. The molecule has 0 radical (unpaired) electrons. The summed E-state index contributed by atoms with van der Waals surface area (Å²) >= 11 is 5.63. The predicted octanol–water partition coefficient (Wildman–Crippen LogP) is 2.26. The number of carbonyl (C=O) groups is 2. The van der Waals surface area contributed by atoms with E-state index >= 15 is 0 Å². The van der Waals surface area contributed by atoms with Gasteiger partial charge in [-0.05, 0) is 24.3 Å². The minimum absolute atomic E-state index is 0.0720. The molecule has 0 saturated carbocycles. The smallest absolute Gasteiger partial charge is 0.371 e. The lowest BCUT2D eigenvalue weighted by Crippen LogP contribution is -2.02. The van der Waals surface area contributed by atoms with Crippen molar-refractivity contribution in [2.45, 2.75) is 0 Å². The highest BCUT2D eigenvalue weighted by atomic mass is 35.5. The highest BCUT2D eigenvalue weighted by Gasteiger charge is 2.17. The zero-order valence-electron chi connectivity index (χ0n) is 8.38. The van der Waals surface area contributed by atoms with Crippen LogP contribution in [0.3, 0.4) is 0 Å². The lowest BCUT2D eigenvalue weighted by molar-refractivity contribution is 0.0660. The van der Waals surface area contributed by atoms with Crippen LogP contribution in [0.5, 0.6) is 0 Å². The number of carboxylic acids is 1. The minimum Gasteiger partial charge on any atom is -0.475 e. The van der Waals surface area contributed by atoms with Crippen LogP contribution >= 0.6 is 11.6 Å². The summed E-state index contributed by atoms with van der Waals surface area (Å²) in [7, 11) is 0. The second-order valence-electron chi connectivity index (χ2n) is 3.16. The van der Waals surface area contributed by atoms with Gasteiger partial charge in [0.15, 0.2) is 5.76 Å². The van der Waals surface area contributed by atoms with Gasteiger partial charge in [0.1, 0.15) is 5.69 Å². The van der Waals surface area contributed by atoms with E-state index in [1.54, 1.807) is 0 Å². The van der Waals surface area contributed by atoms with Crippen LogP contribution in [0.25, 0.3) is 0 Å². The summed E-state index contributed by atoms with van der Waals surface area (Å²) in [6.07, 6.45) is 1.33. The Balaban J connectivity index is 2.30. The van der Waals surface area contributed by atoms with Crippen molar-refractivity contribution in [3.8, 4) is 0 Å². The number of carboxylic acid groups (broad SMARTS) is 1. The van der Waals surface area contributed by atoms with E-state index in [9.17, 15) is 9.59 Å². The maximum atomic E-state index is 11.8. The van der Waals surface area contributed by atoms with E-state index in [0.717, 1.165) is 0 Å². The molecule has 2 aromatic rings. The molecular weight excluding hydrogens is 246 g/mol. The van der Waals surface area contributed by atoms with Gasteiger partial charge in [-0.15, -0.1) is 0 Å². The number of aromatic carboxylic acids is 1. The molecule has 2 aromatic heterocycles. The van der Waals surface area contributed by atoms with Crippen molar-refractivity contribution in [3.05, 3.63) is 52.7 Å². The summed E-state index contributed by atoms with van der Waals surface area (Å²) in [6.45, 7) is 0. The van der Waals surface area contributed by atoms with Crippen molar-refractivity contribution in [1.82, 2.24) is 4.98 Å². The molecule has 0 amide bonds. The monoisotopic (exact) mass is 251 g/mol. The largest absolute Gasteiger partial charge is 0.475 e.